The highest BCUT2D eigenvalue weighted by molar-refractivity contribution is 7.71. The normalized spacial score (nSPS) is 16.9. The van der Waals surface area contributed by atoms with Crippen molar-refractivity contribution in [1.29, 1.82) is 0 Å². The number of rotatable bonds is 9. The fourth-order valence-corrected chi connectivity index (χ4v) is 5.49. The Hall–Kier alpha value is -4.44. The number of anilines is 2. The molecule has 1 fully saturated rings. The van der Waals surface area contributed by atoms with Crippen LogP contribution in [0.3, 0.4) is 0 Å². The summed E-state index contributed by atoms with van der Waals surface area (Å²) in [5.41, 5.74) is 3.48. The van der Waals surface area contributed by atoms with Gasteiger partial charge in [0.25, 0.3) is 0 Å². The van der Waals surface area contributed by atoms with Crippen molar-refractivity contribution in [2.24, 2.45) is 5.92 Å². The van der Waals surface area contributed by atoms with Crippen LogP contribution in [0.15, 0.2) is 78.9 Å². The first-order valence-electron chi connectivity index (χ1n) is 13.2. The van der Waals surface area contributed by atoms with Crippen LogP contribution in [0.5, 0.6) is 5.75 Å². The molecule has 5 rings (SSSR count). The number of H-pyrrole nitrogens is 1. The van der Waals surface area contributed by atoms with Gasteiger partial charge in [-0.05, 0) is 68.4 Å². The lowest BCUT2D eigenvalue weighted by Crippen LogP contribution is -2.49. The summed E-state index contributed by atoms with van der Waals surface area (Å²) in [6, 6.07) is 24.5. The van der Waals surface area contributed by atoms with Crippen molar-refractivity contribution in [2.75, 3.05) is 23.5 Å². The molecule has 3 N–H and O–H groups in total. The van der Waals surface area contributed by atoms with Gasteiger partial charge in [-0.25, -0.2) is 4.79 Å². The molecule has 0 bridgehead atoms. The first-order valence-corrected chi connectivity index (χ1v) is 13.6. The van der Waals surface area contributed by atoms with Crippen molar-refractivity contribution in [1.82, 2.24) is 9.78 Å². The Bertz CT molecular complexity index is 1580. The van der Waals surface area contributed by atoms with Crippen LogP contribution in [0, 0.1) is 17.6 Å². The maximum Gasteiger partial charge on any atom is 0.328 e. The summed E-state index contributed by atoms with van der Waals surface area (Å²) in [5.74, 6) is 0.558. The van der Waals surface area contributed by atoms with Gasteiger partial charge in [-0.15, -0.1) is 9.78 Å². The van der Waals surface area contributed by atoms with E-state index in [9.17, 15) is 14.7 Å². The summed E-state index contributed by atoms with van der Waals surface area (Å²) in [6.07, 6.45) is 1.01. The highest BCUT2D eigenvalue weighted by atomic mass is 32.1. The molecule has 1 saturated heterocycles. The minimum atomic E-state index is -0.887. The number of carboxylic acids is 1. The number of aromatic amines is 1. The van der Waals surface area contributed by atoms with Crippen molar-refractivity contribution in [3.63, 3.8) is 0 Å². The summed E-state index contributed by atoms with van der Waals surface area (Å²) < 4.78 is 10.5. The minimum absolute atomic E-state index is 0.0821. The molecule has 10 heteroatoms. The number of aromatic nitrogens is 3. The maximum absolute atomic E-state index is 12.0. The second kappa shape index (κ2) is 11.7. The van der Waals surface area contributed by atoms with E-state index in [2.05, 4.69) is 10.4 Å². The monoisotopic (exact) mass is 558 g/mol. The zero-order chi connectivity index (χ0) is 28.2. The van der Waals surface area contributed by atoms with Crippen LogP contribution in [-0.2, 0) is 9.59 Å². The number of carbonyl (C=O) groups is 2. The van der Waals surface area contributed by atoms with Crippen LogP contribution in [0.25, 0.3) is 11.4 Å². The van der Waals surface area contributed by atoms with E-state index in [1.54, 1.807) is 11.8 Å². The SMILES string of the molecule is CC(=O)C1CCC(C(=O)O)N(c2cccc(OCNc3cccc(-[n+]4c(C)n(-c5ccccc5)[nH]c4=S)c3)c2)C1. The van der Waals surface area contributed by atoms with Gasteiger partial charge in [0, 0.05) is 42.9 Å². The molecule has 2 heterocycles. The van der Waals surface area contributed by atoms with Gasteiger partial charge in [0.2, 0.25) is 5.82 Å². The Morgan fingerprint density at radius 1 is 1.05 bits per heavy atom. The fourth-order valence-electron chi connectivity index (χ4n) is 5.16. The van der Waals surface area contributed by atoms with Gasteiger partial charge in [-0.3, -0.25) is 4.79 Å². The van der Waals surface area contributed by atoms with Crippen LogP contribution >= 0.6 is 12.2 Å². The highest BCUT2D eigenvalue weighted by Gasteiger charge is 2.34. The summed E-state index contributed by atoms with van der Waals surface area (Å²) in [4.78, 5) is 25.7. The molecule has 0 amide bonds. The number of benzene rings is 3. The van der Waals surface area contributed by atoms with E-state index in [1.807, 2.05) is 95.0 Å². The number of aliphatic carboxylic acids is 1. The molecule has 1 aromatic heterocycles. The van der Waals surface area contributed by atoms with E-state index < -0.39 is 12.0 Å². The van der Waals surface area contributed by atoms with Gasteiger partial charge in [0.1, 0.15) is 28.9 Å². The molecule has 0 saturated carbocycles. The average molecular weight is 559 g/mol. The van der Waals surface area contributed by atoms with Gasteiger partial charge in [-0.2, -0.15) is 4.57 Å². The number of para-hydroxylation sites is 1. The van der Waals surface area contributed by atoms with Gasteiger partial charge < -0.3 is 20.1 Å². The molecule has 9 nitrogen and oxygen atoms in total. The summed E-state index contributed by atoms with van der Waals surface area (Å²) in [6.45, 7) is 4.15. The highest BCUT2D eigenvalue weighted by Crippen LogP contribution is 2.30. The molecular formula is C30H32N5O4S+. The summed E-state index contributed by atoms with van der Waals surface area (Å²) in [7, 11) is 0. The van der Waals surface area contributed by atoms with E-state index in [1.165, 1.54) is 0 Å². The molecule has 40 heavy (non-hydrogen) atoms. The van der Waals surface area contributed by atoms with Crippen molar-refractivity contribution in [2.45, 2.75) is 32.7 Å². The third-order valence-corrected chi connectivity index (χ3v) is 7.56. The van der Waals surface area contributed by atoms with E-state index in [0.29, 0.717) is 29.9 Å². The minimum Gasteiger partial charge on any atom is -0.480 e. The van der Waals surface area contributed by atoms with E-state index >= 15 is 0 Å². The Morgan fingerprint density at radius 3 is 2.55 bits per heavy atom. The van der Waals surface area contributed by atoms with Crippen LogP contribution in [0.2, 0.25) is 0 Å². The smallest absolute Gasteiger partial charge is 0.328 e. The number of nitrogens with zero attached hydrogens (tertiary/aromatic N) is 3. The number of piperidine rings is 1. The molecule has 0 aliphatic carbocycles. The molecular weight excluding hydrogens is 526 g/mol. The third kappa shape index (κ3) is 5.76. The lowest BCUT2D eigenvalue weighted by molar-refractivity contribution is -0.610. The number of nitrogens with one attached hydrogen (secondary N) is 2. The van der Waals surface area contributed by atoms with Gasteiger partial charge in [0.05, 0.1) is 0 Å². The Morgan fingerprint density at radius 2 is 1.80 bits per heavy atom. The lowest BCUT2D eigenvalue weighted by Gasteiger charge is -2.38. The molecule has 1 aliphatic heterocycles. The molecule has 2 unspecified atom stereocenters. The first kappa shape index (κ1) is 27.1. The molecule has 3 aromatic carbocycles. The van der Waals surface area contributed by atoms with Crippen molar-refractivity contribution >= 4 is 35.3 Å². The first-order chi connectivity index (χ1) is 19.3. The Kier molecular flexibility index (Phi) is 7.97. The van der Waals surface area contributed by atoms with E-state index in [4.69, 9.17) is 17.0 Å². The maximum atomic E-state index is 12.0. The molecule has 2 atom stereocenters. The zero-order valence-corrected chi connectivity index (χ0v) is 23.2. The third-order valence-electron chi connectivity index (χ3n) is 7.28. The Labute approximate surface area is 237 Å². The largest absolute Gasteiger partial charge is 0.480 e. The fraction of sp³-hybridized carbons (Fsp3) is 0.267. The molecule has 0 radical (unpaired) electrons. The number of Topliss-reactive ketones (excluding diaryl/α,β-unsaturated/α-hetero) is 1. The number of ketones is 1. The molecule has 0 spiro atoms. The van der Waals surface area contributed by atoms with Gasteiger partial charge in [-0.1, -0.05) is 30.3 Å². The number of ether oxygens (including phenoxy) is 1. The number of carbonyl (C=O) groups excluding carboxylic acids is 1. The number of hydrogen-bond acceptors (Lipinski definition) is 6. The van der Waals surface area contributed by atoms with Gasteiger partial charge >= 0.3 is 10.7 Å². The standard InChI is InChI=1S/C30H31N5O4S/c1-20(36)22-14-15-28(29(37)38)33(18-22)25-11-7-13-27(17-25)39-19-31-23-8-6-12-26(16-23)34-21(2)35(32-30(34)40)24-9-4-3-5-10-24/h3-13,16-17,22,28,31H,14-15,18-19H2,1-2H3,(H-,32,37,38,40)/p+1. The van der Waals surface area contributed by atoms with Gasteiger partial charge in [0.15, 0.2) is 6.73 Å². The topological polar surface area (TPSA) is 103 Å². The zero-order valence-electron chi connectivity index (χ0n) is 22.4. The van der Waals surface area contributed by atoms with Crippen LogP contribution in [-0.4, -0.2) is 46.0 Å². The summed E-state index contributed by atoms with van der Waals surface area (Å²) in [5, 5.41) is 16.3. The predicted molar refractivity (Wildman–Crippen MR) is 155 cm³/mol. The lowest BCUT2D eigenvalue weighted by atomic mass is 9.89. The number of carboxylic acid groups (broad SMARTS) is 1. The molecule has 206 valence electrons. The molecule has 1 aliphatic rings. The van der Waals surface area contributed by atoms with E-state index in [0.717, 1.165) is 28.6 Å². The second-order valence-corrected chi connectivity index (χ2v) is 10.3. The van der Waals surface area contributed by atoms with Crippen molar-refractivity contribution in [3.8, 4) is 17.1 Å². The number of hydrogen-bond donors (Lipinski definition) is 3. The van der Waals surface area contributed by atoms with Crippen LogP contribution < -0.4 is 19.5 Å². The van der Waals surface area contributed by atoms with Crippen LogP contribution in [0.4, 0.5) is 11.4 Å². The second-order valence-electron chi connectivity index (χ2n) is 9.87. The van der Waals surface area contributed by atoms with Crippen molar-refractivity contribution < 1.29 is 24.0 Å². The summed E-state index contributed by atoms with van der Waals surface area (Å²) >= 11 is 5.63. The van der Waals surface area contributed by atoms with Crippen LogP contribution in [0.1, 0.15) is 25.6 Å². The van der Waals surface area contributed by atoms with Crippen molar-refractivity contribution in [3.05, 3.63) is 89.5 Å². The predicted octanol–water partition coefficient (Wildman–Crippen LogP) is 4.83. The quantitative estimate of drug-likeness (QED) is 0.154. The average Bonchev–Trinajstić information content (AvgIpc) is 3.26. The van der Waals surface area contributed by atoms with E-state index in [-0.39, 0.29) is 18.4 Å². The molecule has 4 aromatic rings. The Balaban J connectivity index is 1.28.